The molecule has 11 aromatic rings. The Morgan fingerprint density at radius 1 is 0.305 bits per heavy atom. The highest BCUT2D eigenvalue weighted by Gasteiger charge is 2.16. The molecule has 0 saturated carbocycles. The molecule has 9 aromatic carbocycles. The average molecular weight is 755 g/mol. The molecule has 0 atom stereocenters. The van der Waals surface area contributed by atoms with E-state index in [0.29, 0.717) is 23.4 Å². The second-order valence-electron chi connectivity index (χ2n) is 14.7. The van der Waals surface area contributed by atoms with Crippen LogP contribution in [0.4, 0.5) is 0 Å². The van der Waals surface area contributed by atoms with Crippen molar-refractivity contribution in [3.63, 3.8) is 0 Å². The van der Waals surface area contributed by atoms with E-state index in [0.717, 1.165) is 66.6 Å². The molecule has 0 aliphatic rings. The quantitative estimate of drug-likeness (QED) is 0.162. The summed E-state index contributed by atoms with van der Waals surface area (Å²) in [6.45, 7) is 0. The lowest BCUT2D eigenvalue weighted by atomic mass is 9.89. The lowest BCUT2D eigenvalue weighted by Gasteiger charge is -2.15. The minimum absolute atomic E-state index is 0.622. The van der Waals surface area contributed by atoms with Crippen molar-refractivity contribution < 1.29 is 4.42 Å². The third kappa shape index (κ3) is 6.51. The maximum atomic E-state index is 6.33. The van der Waals surface area contributed by atoms with Gasteiger partial charge in [0.05, 0.1) is 0 Å². The second-order valence-corrected chi connectivity index (χ2v) is 14.7. The van der Waals surface area contributed by atoms with Crippen LogP contribution in [0.5, 0.6) is 0 Å². The van der Waals surface area contributed by atoms with Gasteiger partial charge in [-0.2, -0.15) is 0 Å². The number of hydrogen-bond donors (Lipinski definition) is 0. The molecule has 0 bridgehead atoms. The number of benzene rings is 9. The Balaban J connectivity index is 0.937. The number of hydrogen-bond acceptors (Lipinski definition) is 5. The molecule has 0 aliphatic carbocycles. The summed E-state index contributed by atoms with van der Waals surface area (Å²) in [5.41, 5.74) is 12.1. The number of fused-ring (bicyclic) bond motifs is 3. The Kier molecular flexibility index (Phi) is 8.41. The first-order valence-corrected chi connectivity index (χ1v) is 19.7. The van der Waals surface area contributed by atoms with Crippen LogP contribution in [0.2, 0.25) is 0 Å². The fraction of sp³-hybridized carbons (Fsp3) is 0. The maximum absolute atomic E-state index is 6.33. The molecule has 2 heterocycles. The number of nitrogens with zero attached hydrogens (tertiary/aromatic N) is 4. The molecule has 0 aliphatic heterocycles. The van der Waals surface area contributed by atoms with Crippen LogP contribution in [0.3, 0.4) is 0 Å². The van der Waals surface area contributed by atoms with Crippen LogP contribution >= 0.6 is 0 Å². The van der Waals surface area contributed by atoms with E-state index in [9.17, 15) is 0 Å². The molecular formula is C54H34N4O. The molecule has 0 spiro atoms. The van der Waals surface area contributed by atoms with Crippen molar-refractivity contribution in [1.82, 2.24) is 19.9 Å². The van der Waals surface area contributed by atoms with Gasteiger partial charge < -0.3 is 4.42 Å². The molecule has 11 rings (SSSR count). The van der Waals surface area contributed by atoms with Crippen LogP contribution in [0, 0.1) is 0 Å². The predicted octanol–water partition coefficient (Wildman–Crippen LogP) is 14.0. The van der Waals surface area contributed by atoms with Gasteiger partial charge in [0.25, 0.3) is 0 Å². The molecule has 276 valence electrons. The van der Waals surface area contributed by atoms with Crippen molar-refractivity contribution >= 4 is 32.6 Å². The highest BCUT2D eigenvalue weighted by molar-refractivity contribution is 6.04. The fourth-order valence-corrected chi connectivity index (χ4v) is 7.94. The third-order valence-electron chi connectivity index (χ3n) is 11.0. The molecule has 0 radical (unpaired) electrons. The minimum atomic E-state index is 0.622. The van der Waals surface area contributed by atoms with Gasteiger partial charge in [-0.15, -0.1) is 0 Å². The average Bonchev–Trinajstić information content (AvgIpc) is 3.75. The van der Waals surface area contributed by atoms with Gasteiger partial charge in [-0.05, 0) is 79.2 Å². The summed E-state index contributed by atoms with van der Waals surface area (Å²) in [5, 5.41) is 4.73. The number of aromatic nitrogens is 4. The van der Waals surface area contributed by atoms with Crippen LogP contribution in [0.25, 0.3) is 112 Å². The zero-order chi connectivity index (χ0) is 39.1. The molecule has 2 aromatic heterocycles. The Bertz CT molecular complexity index is 3250. The molecule has 0 N–H and O–H groups in total. The molecule has 0 amide bonds. The highest BCUT2D eigenvalue weighted by atomic mass is 16.3. The van der Waals surface area contributed by atoms with E-state index in [4.69, 9.17) is 24.4 Å². The summed E-state index contributed by atoms with van der Waals surface area (Å²) >= 11 is 0. The van der Waals surface area contributed by atoms with Crippen molar-refractivity contribution in [2.45, 2.75) is 0 Å². The summed E-state index contributed by atoms with van der Waals surface area (Å²) in [4.78, 5) is 19.6. The van der Waals surface area contributed by atoms with Crippen molar-refractivity contribution in [3.05, 3.63) is 206 Å². The molecule has 0 saturated heterocycles. The smallest absolute Gasteiger partial charge is 0.227 e. The minimum Gasteiger partial charge on any atom is -0.436 e. The summed E-state index contributed by atoms with van der Waals surface area (Å²) < 4.78 is 6.33. The van der Waals surface area contributed by atoms with Gasteiger partial charge in [-0.3, -0.25) is 0 Å². The van der Waals surface area contributed by atoms with E-state index in [2.05, 4.69) is 140 Å². The first-order valence-electron chi connectivity index (χ1n) is 19.7. The van der Waals surface area contributed by atoms with Gasteiger partial charge in [0.15, 0.2) is 23.1 Å². The van der Waals surface area contributed by atoms with Crippen molar-refractivity contribution in [2.24, 2.45) is 0 Å². The second kappa shape index (κ2) is 14.5. The lowest BCUT2D eigenvalue weighted by molar-refractivity contribution is 0.620. The van der Waals surface area contributed by atoms with Gasteiger partial charge in [0.2, 0.25) is 5.89 Å². The Labute approximate surface area is 341 Å². The Hall–Kier alpha value is -8.02. The normalized spacial score (nSPS) is 11.4. The topological polar surface area (TPSA) is 64.7 Å². The summed E-state index contributed by atoms with van der Waals surface area (Å²) in [7, 11) is 0. The van der Waals surface area contributed by atoms with E-state index >= 15 is 0 Å². The van der Waals surface area contributed by atoms with Crippen LogP contribution in [-0.2, 0) is 0 Å². The molecule has 59 heavy (non-hydrogen) atoms. The first-order chi connectivity index (χ1) is 29.2. The maximum Gasteiger partial charge on any atom is 0.227 e. The molecule has 5 nitrogen and oxygen atoms in total. The van der Waals surface area contributed by atoms with E-state index < -0.39 is 0 Å². The first kappa shape index (κ1) is 34.2. The van der Waals surface area contributed by atoms with Gasteiger partial charge in [-0.1, -0.05) is 182 Å². The standard InChI is InChI=1S/C54H34N4O/c1-3-13-40(14-4-1)51-56-52(41-15-5-2-6-16-41)58-53(57-51)42-26-24-39(25-27-42)50-46-18-10-9-12-37(46)29-31-47(50)38-22-19-36(20-23-38)44-30-32-48-49(34-44)59-54(55-48)45-28-21-35-11-7-8-17-43(35)33-45/h1-34H. The SMILES string of the molecule is c1ccc(-c2nc(-c3ccccc3)nc(-c3ccc(-c4c(-c5ccc(-c6ccc7nc(-c8ccc9ccccc9c8)oc7c6)cc5)ccc5ccccc45)cc3)n2)cc1. The van der Waals surface area contributed by atoms with Crippen LogP contribution in [-0.4, -0.2) is 19.9 Å². The Morgan fingerprint density at radius 3 is 1.51 bits per heavy atom. The van der Waals surface area contributed by atoms with E-state index in [1.807, 2.05) is 66.7 Å². The Morgan fingerprint density at radius 2 is 0.814 bits per heavy atom. The van der Waals surface area contributed by atoms with Crippen LogP contribution in [0.1, 0.15) is 0 Å². The molecular weight excluding hydrogens is 721 g/mol. The third-order valence-corrected chi connectivity index (χ3v) is 11.0. The van der Waals surface area contributed by atoms with Crippen molar-refractivity contribution in [1.29, 1.82) is 0 Å². The van der Waals surface area contributed by atoms with Gasteiger partial charge >= 0.3 is 0 Å². The number of rotatable bonds is 7. The predicted molar refractivity (Wildman–Crippen MR) is 240 cm³/mol. The monoisotopic (exact) mass is 754 g/mol. The van der Waals surface area contributed by atoms with E-state index in [1.54, 1.807) is 0 Å². The summed E-state index contributed by atoms with van der Waals surface area (Å²) in [6, 6.07) is 71.5. The van der Waals surface area contributed by atoms with Gasteiger partial charge in [0.1, 0.15) is 5.52 Å². The zero-order valence-electron chi connectivity index (χ0n) is 31.8. The molecule has 0 fully saturated rings. The van der Waals surface area contributed by atoms with Crippen LogP contribution < -0.4 is 0 Å². The summed E-state index contributed by atoms with van der Waals surface area (Å²) in [6.07, 6.45) is 0. The van der Waals surface area contributed by atoms with Gasteiger partial charge in [-0.25, -0.2) is 19.9 Å². The van der Waals surface area contributed by atoms with Crippen LogP contribution in [0.15, 0.2) is 211 Å². The lowest BCUT2D eigenvalue weighted by Crippen LogP contribution is -2.00. The fourth-order valence-electron chi connectivity index (χ4n) is 7.94. The highest BCUT2D eigenvalue weighted by Crippen LogP contribution is 2.40. The van der Waals surface area contributed by atoms with Crippen molar-refractivity contribution in [2.75, 3.05) is 0 Å². The molecule has 5 heteroatoms. The number of oxazole rings is 1. The zero-order valence-corrected chi connectivity index (χ0v) is 31.8. The largest absolute Gasteiger partial charge is 0.436 e. The van der Waals surface area contributed by atoms with Crippen molar-refractivity contribution in [3.8, 4) is 79.0 Å². The van der Waals surface area contributed by atoms with E-state index in [1.165, 1.54) is 21.7 Å². The van der Waals surface area contributed by atoms with E-state index in [-0.39, 0.29) is 0 Å². The molecule has 0 unspecified atom stereocenters. The van der Waals surface area contributed by atoms with Gasteiger partial charge in [0, 0.05) is 22.3 Å². The summed E-state index contributed by atoms with van der Waals surface area (Å²) in [5.74, 6) is 2.54.